The summed E-state index contributed by atoms with van der Waals surface area (Å²) in [5.74, 6) is 0.510. The topological polar surface area (TPSA) is 59.3 Å². The number of hydrogen-bond acceptors (Lipinski definition) is 4. The van der Waals surface area contributed by atoms with E-state index in [1.165, 1.54) is 10.7 Å². The summed E-state index contributed by atoms with van der Waals surface area (Å²) in [6.07, 6.45) is -0.911. The van der Waals surface area contributed by atoms with Crippen LogP contribution in [0.25, 0.3) is 17.0 Å². The number of aromatic nitrogens is 2. The molecule has 4 rings (SSSR count). The van der Waals surface area contributed by atoms with Crippen LogP contribution < -0.4 is 5.32 Å². The maximum Gasteiger partial charge on any atom is 0.416 e. The largest absolute Gasteiger partial charge is 0.416 e. The zero-order valence-corrected chi connectivity index (χ0v) is 17.9. The molecule has 0 radical (unpaired) electrons. The SMILES string of the molecule is CN=C1NC(=O)S/C1=C\c1ccc2nn(Cc3ccc(Br)cc3C(F)(F)F)cc2c1. The molecule has 0 unspecified atom stereocenters. The summed E-state index contributed by atoms with van der Waals surface area (Å²) in [5, 5.41) is 7.64. The van der Waals surface area contributed by atoms with Crippen LogP contribution in [-0.2, 0) is 12.7 Å². The highest BCUT2D eigenvalue weighted by Crippen LogP contribution is 2.34. The molecular weight excluding hydrogens is 481 g/mol. The highest BCUT2D eigenvalue weighted by atomic mass is 79.9. The Balaban J connectivity index is 1.65. The molecule has 154 valence electrons. The Morgan fingerprint density at radius 2 is 2.07 bits per heavy atom. The van der Waals surface area contributed by atoms with E-state index in [1.807, 2.05) is 18.2 Å². The third-order valence-corrected chi connectivity index (χ3v) is 5.78. The number of hydrogen-bond donors (Lipinski definition) is 1. The van der Waals surface area contributed by atoms with Crippen LogP contribution in [0.2, 0.25) is 0 Å². The highest BCUT2D eigenvalue weighted by Gasteiger charge is 2.33. The van der Waals surface area contributed by atoms with Gasteiger partial charge in [0.15, 0.2) is 0 Å². The van der Waals surface area contributed by atoms with Crippen LogP contribution in [-0.4, -0.2) is 27.9 Å². The molecule has 2 heterocycles. The van der Waals surface area contributed by atoms with E-state index >= 15 is 0 Å². The van der Waals surface area contributed by atoms with Crippen molar-refractivity contribution in [3.63, 3.8) is 0 Å². The van der Waals surface area contributed by atoms with Gasteiger partial charge in [-0.15, -0.1) is 0 Å². The molecule has 0 spiro atoms. The number of halogens is 4. The van der Waals surface area contributed by atoms with E-state index in [9.17, 15) is 18.0 Å². The number of amides is 1. The standard InChI is InChI=1S/C20H14BrF3N4OS/c1-25-18-17(30-19(29)26-18)7-11-2-5-16-13(6-11)10-28(27-16)9-12-3-4-14(21)8-15(12)20(22,23)24/h2-8,10H,9H2,1H3,(H,25,26,29)/b17-7-. The van der Waals surface area contributed by atoms with E-state index < -0.39 is 11.7 Å². The van der Waals surface area contributed by atoms with Crippen molar-refractivity contribution in [3.05, 3.63) is 68.7 Å². The Hall–Kier alpha value is -2.59. The number of nitrogens with one attached hydrogen (secondary N) is 1. The smallest absolute Gasteiger partial charge is 0.300 e. The second-order valence-electron chi connectivity index (χ2n) is 6.54. The average molecular weight is 495 g/mol. The van der Waals surface area contributed by atoms with Crippen molar-refractivity contribution in [1.29, 1.82) is 0 Å². The lowest BCUT2D eigenvalue weighted by atomic mass is 10.1. The minimum Gasteiger partial charge on any atom is -0.300 e. The van der Waals surface area contributed by atoms with Gasteiger partial charge < -0.3 is 5.32 Å². The summed E-state index contributed by atoms with van der Waals surface area (Å²) in [6, 6.07) is 9.60. The Kier molecular flexibility index (Phi) is 5.46. The molecule has 1 aromatic heterocycles. The molecule has 1 N–H and O–H groups in total. The Morgan fingerprint density at radius 1 is 1.27 bits per heavy atom. The van der Waals surface area contributed by atoms with Crippen molar-refractivity contribution < 1.29 is 18.0 Å². The fourth-order valence-corrected chi connectivity index (χ4v) is 4.28. The molecule has 1 aliphatic rings. The van der Waals surface area contributed by atoms with Crippen molar-refractivity contribution >= 4 is 55.7 Å². The lowest BCUT2D eigenvalue weighted by molar-refractivity contribution is -0.138. The lowest BCUT2D eigenvalue weighted by Gasteiger charge is -2.13. The van der Waals surface area contributed by atoms with Crippen LogP contribution in [0, 0.1) is 0 Å². The van der Waals surface area contributed by atoms with Crippen LogP contribution in [0.3, 0.4) is 0 Å². The fourth-order valence-electron chi connectivity index (χ4n) is 3.14. The van der Waals surface area contributed by atoms with Crippen LogP contribution in [0.5, 0.6) is 0 Å². The second kappa shape index (κ2) is 7.92. The van der Waals surface area contributed by atoms with Crippen molar-refractivity contribution in [2.75, 3.05) is 7.05 Å². The Labute approximate surface area is 182 Å². The van der Waals surface area contributed by atoms with Gasteiger partial charge in [0.05, 0.1) is 22.5 Å². The van der Waals surface area contributed by atoms with E-state index in [1.54, 1.807) is 25.4 Å². The number of nitrogens with zero attached hydrogens (tertiary/aromatic N) is 3. The van der Waals surface area contributed by atoms with E-state index in [2.05, 4.69) is 31.3 Å². The molecule has 0 saturated carbocycles. The Morgan fingerprint density at radius 3 is 2.80 bits per heavy atom. The summed E-state index contributed by atoms with van der Waals surface area (Å²) in [7, 11) is 1.60. The molecule has 5 nitrogen and oxygen atoms in total. The van der Waals surface area contributed by atoms with E-state index in [0.29, 0.717) is 20.7 Å². The number of aliphatic imine (C=N–C) groups is 1. The summed E-state index contributed by atoms with van der Waals surface area (Å²) in [5.41, 5.74) is 0.947. The quantitative estimate of drug-likeness (QED) is 0.508. The average Bonchev–Trinajstić information content (AvgIpc) is 3.24. The predicted octanol–water partition coefficient (Wildman–Crippen LogP) is 5.69. The normalized spacial score (nSPS) is 17.3. The van der Waals surface area contributed by atoms with Gasteiger partial charge >= 0.3 is 6.18 Å². The first-order chi connectivity index (χ1) is 14.2. The minimum absolute atomic E-state index is 0.00581. The van der Waals surface area contributed by atoms with Gasteiger partial charge in [0.2, 0.25) is 0 Å². The summed E-state index contributed by atoms with van der Waals surface area (Å²) >= 11 is 4.16. The van der Waals surface area contributed by atoms with Gasteiger partial charge in [0, 0.05) is 23.1 Å². The zero-order valence-electron chi connectivity index (χ0n) is 15.5. The van der Waals surface area contributed by atoms with Gasteiger partial charge in [0.1, 0.15) is 5.84 Å². The fraction of sp³-hybridized carbons (Fsp3) is 0.150. The van der Waals surface area contributed by atoms with Gasteiger partial charge in [0.25, 0.3) is 5.24 Å². The van der Waals surface area contributed by atoms with Gasteiger partial charge in [-0.3, -0.25) is 14.5 Å². The first-order valence-electron chi connectivity index (χ1n) is 8.73. The van der Waals surface area contributed by atoms with Crippen molar-refractivity contribution in [2.24, 2.45) is 4.99 Å². The molecule has 1 fully saturated rings. The summed E-state index contributed by atoms with van der Waals surface area (Å²) < 4.78 is 42.0. The van der Waals surface area contributed by atoms with Crippen molar-refractivity contribution in [1.82, 2.24) is 15.1 Å². The van der Waals surface area contributed by atoms with Crippen LogP contribution in [0.1, 0.15) is 16.7 Å². The summed E-state index contributed by atoms with van der Waals surface area (Å²) in [6.45, 7) is -0.00581. The summed E-state index contributed by atoms with van der Waals surface area (Å²) in [4.78, 5) is 16.3. The molecule has 2 aromatic carbocycles. The molecule has 3 aromatic rings. The van der Waals surface area contributed by atoms with Crippen LogP contribution in [0.4, 0.5) is 18.0 Å². The highest BCUT2D eigenvalue weighted by molar-refractivity contribution is 9.10. The number of amidine groups is 1. The Bertz CT molecular complexity index is 1220. The van der Waals surface area contributed by atoms with Crippen molar-refractivity contribution in [3.8, 4) is 0 Å². The number of alkyl halides is 3. The third-order valence-electron chi connectivity index (χ3n) is 4.46. The third kappa shape index (κ3) is 4.29. The van der Waals surface area contributed by atoms with E-state index in [-0.39, 0.29) is 17.3 Å². The predicted molar refractivity (Wildman–Crippen MR) is 115 cm³/mol. The van der Waals surface area contributed by atoms with Gasteiger partial charge in [-0.1, -0.05) is 28.1 Å². The lowest BCUT2D eigenvalue weighted by Crippen LogP contribution is -2.18. The molecule has 1 aliphatic heterocycles. The first kappa shape index (κ1) is 20.7. The van der Waals surface area contributed by atoms with Crippen LogP contribution in [0.15, 0.2) is 57.0 Å². The second-order valence-corrected chi connectivity index (χ2v) is 8.47. The molecule has 0 atom stereocenters. The number of fused-ring (bicyclic) bond motifs is 1. The molecular formula is C20H14BrF3N4OS. The molecule has 0 bridgehead atoms. The molecule has 0 aliphatic carbocycles. The van der Waals surface area contributed by atoms with Crippen LogP contribution >= 0.6 is 27.7 Å². The minimum atomic E-state index is -4.45. The van der Waals surface area contributed by atoms with Crippen molar-refractivity contribution in [2.45, 2.75) is 12.7 Å². The zero-order chi connectivity index (χ0) is 21.5. The number of rotatable bonds is 3. The monoisotopic (exact) mass is 494 g/mol. The number of carbonyl (C=O) groups is 1. The maximum atomic E-state index is 13.4. The van der Waals surface area contributed by atoms with E-state index in [4.69, 9.17) is 0 Å². The van der Waals surface area contributed by atoms with Gasteiger partial charge in [-0.05, 0) is 53.2 Å². The van der Waals surface area contributed by atoms with Gasteiger partial charge in [-0.2, -0.15) is 18.3 Å². The maximum absolute atomic E-state index is 13.4. The number of benzene rings is 2. The molecule has 1 amide bonds. The van der Waals surface area contributed by atoms with E-state index in [0.717, 1.165) is 28.8 Å². The first-order valence-corrected chi connectivity index (χ1v) is 10.3. The number of thioether (sulfide) groups is 1. The molecule has 10 heteroatoms. The number of carbonyl (C=O) groups excluding carboxylic acids is 1. The molecule has 30 heavy (non-hydrogen) atoms. The molecule has 1 saturated heterocycles. The van der Waals surface area contributed by atoms with Gasteiger partial charge in [-0.25, -0.2) is 0 Å².